The number of allylic oxidation sites excluding steroid dienone is 1. The van der Waals surface area contributed by atoms with E-state index in [2.05, 4.69) is 5.32 Å². The largest absolute Gasteiger partial charge is 0.486 e. The number of amides is 2. The smallest absolute Gasteiger partial charge is 0.411 e. The first-order chi connectivity index (χ1) is 15.7. The number of carbonyl (C=O) groups excluding carboxylic acids is 1. The maximum absolute atomic E-state index is 14.1. The highest BCUT2D eigenvalue weighted by Gasteiger charge is 2.30. The number of hydrogen-bond donors (Lipinski definition) is 2. The lowest BCUT2D eigenvalue weighted by atomic mass is 10.1. The number of carbonyl (C=O) groups is 2. The summed E-state index contributed by atoms with van der Waals surface area (Å²) in [6.07, 6.45) is -0.639. The highest BCUT2D eigenvalue weighted by Crippen LogP contribution is 2.38. The zero-order valence-electron chi connectivity index (χ0n) is 18.8. The minimum absolute atomic E-state index is 0.0328. The van der Waals surface area contributed by atoms with Crippen molar-refractivity contribution in [3.05, 3.63) is 51.6 Å². The predicted molar refractivity (Wildman–Crippen MR) is 125 cm³/mol. The summed E-state index contributed by atoms with van der Waals surface area (Å²) in [6, 6.07) is 6.18. The Morgan fingerprint density at radius 3 is 2.85 bits per heavy atom. The first-order valence-corrected chi connectivity index (χ1v) is 11.5. The van der Waals surface area contributed by atoms with Crippen LogP contribution in [-0.4, -0.2) is 71.6 Å². The molecule has 2 aromatic rings. The molecule has 0 saturated carbocycles. The monoisotopic (exact) mass is 474 g/mol. The van der Waals surface area contributed by atoms with Crippen molar-refractivity contribution in [3.63, 3.8) is 0 Å². The summed E-state index contributed by atoms with van der Waals surface area (Å²) in [5.74, 6) is -0.0799. The van der Waals surface area contributed by atoms with Crippen LogP contribution in [0.1, 0.15) is 23.8 Å². The Bertz CT molecular complexity index is 1100. The number of rotatable bonds is 6. The molecular weight excluding hydrogens is 447 g/mol. The lowest BCUT2D eigenvalue weighted by Gasteiger charge is -2.29. The molecule has 3 heterocycles. The van der Waals surface area contributed by atoms with Crippen LogP contribution in [0.25, 0.3) is 5.70 Å². The predicted octanol–water partition coefficient (Wildman–Crippen LogP) is 3.72. The van der Waals surface area contributed by atoms with Crippen LogP contribution in [-0.2, 0) is 11.3 Å². The first kappa shape index (κ1) is 23.1. The number of benzene rings is 1. The molecule has 1 aromatic heterocycles. The van der Waals surface area contributed by atoms with Crippen LogP contribution in [0.15, 0.2) is 35.3 Å². The molecule has 1 saturated heterocycles. The maximum atomic E-state index is 14.1. The molecule has 10 heteroatoms. The van der Waals surface area contributed by atoms with Gasteiger partial charge in [0.15, 0.2) is 0 Å². The van der Waals surface area contributed by atoms with Crippen molar-refractivity contribution in [1.82, 2.24) is 14.7 Å². The van der Waals surface area contributed by atoms with E-state index in [9.17, 15) is 19.1 Å². The summed E-state index contributed by atoms with van der Waals surface area (Å²) in [5.41, 5.74) is 2.66. The number of nitrogens with zero attached hydrogens (tertiary/aromatic N) is 3. The zero-order valence-corrected chi connectivity index (χ0v) is 19.6. The van der Waals surface area contributed by atoms with E-state index in [-0.39, 0.29) is 12.0 Å². The molecule has 1 aromatic carbocycles. The standard InChI is InChI=1S/C23H27FN4O4S/c1-14-22(17-7-9-33-20(17)12-28(14)23(30)31)25-18-5-4-15(24)10-19(18)32-16-6-8-27(11-16)21(29)13-26(2)3/h4-5,7,9-10,16,25H,6,8,11-13H2,1-3H3,(H,30,31). The van der Waals surface area contributed by atoms with E-state index in [0.29, 0.717) is 55.4 Å². The molecule has 2 N–H and O–H groups in total. The second kappa shape index (κ2) is 9.40. The Morgan fingerprint density at radius 1 is 1.33 bits per heavy atom. The Hall–Kier alpha value is -3.11. The number of nitrogens with one attached hydrogen (secondary N) is 1. The Balaban J connectivity index is 1.56. The molecular formula is C23H27FN4O4S. The van der Waals surface area contributed by atoms with Gasteiger partial charge in [-0.25, -0.2) is 9.18 Å². The third kappa shape index (κ3) is 4.96. The number of anilines is 1. The fourth-order valence-electron chi connectivity index (χ4n) is 4.08. The second-order valence-corrected chi connectivity index (χ2v) is 9.46. The molecule has 33 heavy (non-hydrogen) atoms. The number of thiophene rings is 1. The third-order valence-electron chi connectivity index (χ3n) is 5.76. The molecule has 2 aliphatic heterocycles. The van der Waals surface area contributed by atoms with Gasteiger partial charge in [-0.3, -0.25) is 9.69 Å². The van der Waals surface area contributed by atoms with Crippen molar-refractivity contribution in [2.24, 2.45) is 0 Å². The van der Waals surface area contributed by atoms with Gasteiger partial charge in [-0.1, -0.05) is 0 Å². The van der Waals surface area contributed by atoms with Gasteiger partial charge in [0.1, 0.15) is 17.7 Å². The number of ether oxygens (including phenoxy) is 1. The van der Waals surface area contributed by atoms with Crippen molar-refractivity contribution in [1.29, 1.82) is 0 Å². The lowest BCUT2D eigenvalue weighted by molar-refractivity contribution is -0.131. The number of carboxylic acid groups (broad SMARTS) is 1. The van der Waals surface area contributed by atoms with Crippen molar-refractivity contribution in [2.45, 2.75) is 26.0 Å². The van der Waals surface area contributed by atoms with Crippen LogP contribution in [0.3, 0.4) is 0 Å². The highest BCUT2D eigenvalue weighted by molar-refractivity contribution is 7.10. The van der Waals surface area contributed by atoms with E-state index in [1.54, 1.807) is 17.9 Å². The number of hydrogen-bond acceptors (Lipinski definition) is 6. The van der Waals surface area contributed by atoms with Gasteiger partial charge in [-0.15, -0.1) is 11.3 Å². The minimum Gasteiger partial charge on any atom is -0.486 e. The van der Waals surface area contributed by atoms with Crippen LogP contribution in [0.5, 0.6) is 5.75 Å². The number of halogens is 1. The average molecular weight is 475 g/mol. The van der Waals surface area contributed by atoms with E-state index in [4.69, 9.17) is 4.74 Å². The number of fused-ring (bicyclic) bond motifs is 1. The van der Waals surface area contributed by atoms with Gasteiger partial charge < -0.3 is 25.0 Å². The van der Waals surface area contributed by atoms with Gasteiger partial charge in [-0.05, 0) is 44.6 Å². The van der Waals surface area contributed by atoms with Crippen molar-refractivity contribution >= 4 is 34.7 Å². The lowest BCUT2D eigenvalue weighted by Crippen LogP contribution is -2.37. The molecule has 0 aliphatic carbocycles. The Labute approximate surface area is 195 Å². The quantitative estimate of drug-likeness (QED) is 0.664. The van der Waals surface area contributed by atoms with Gasteiger partial charge in [0.05, 0.1) is 31.0 Å². The molecule has 176 valence electrons. The summed E-state index contributed by atoms with van der Waals surface area (Å²) < 4.78 is 20.2. The maximum Gasteiger partial charge on any atom is 0.411 e. The fourth-order valence-corrected chi connectivity index (χ4v) is 4.95. The Morgan fingerprint density at radius 2 is 2.12 bits per heavy atom. The van der Waals surface area contributed by atoms with Crippen molar-refractivity contribution in [2.75, 3.05) is 39.0 Å². The summed E-state index contributed by atoms with van der Waals surface area (Å²) >= 11 is 1.49. The number of likely N-dealkylation sites (tertiary alicyclic amines) is 1. The van der Waals surface area contributed by atoms with Gasteiger partial charge in [0.2, 0.25) is 5.91 Å². The van der Waals surface area contributed by atoms with Gasteiger partial charge in [-0.2, -0.15) is 0 Å². The van der Waals surface area contributed by atoms with Crippen LogP contribution in [0, 0.1) is 5.82 Å². The summed E-state index contributed by atoms with van der Waals surface area (Å²) in [4.78, 5) is 29.9. The molecule has 0 spiro atoms. The molecule has 1 atom stereocenters. The van der Waals surface area contributed by atoms with Crippen LogP contribution in [0.2, 0.25) is 0 Å². The molecule has 4 rings (SSSR count). The van der Waals surface area contributed by atoms with Gasteiger partial charge in [0, 0.05) is 35.2 Å². The van der Waals surface area contributed by atoms with Crippen molar-refractivity contribution < 1.29 is 23.8 Å². The molecule has 8 nitrogen and oxygen atoms in total. The van der Waals surface area contributed by atoms with Crippen LogP contribution >= 0.6 is 11.3 Å². The molecule has 0 radical (unpaired) electrons. The first-order valence-electron chi connectivity index (χ1n) is 10.7. The third-order valence-corrected chi connectivity index (χ3v) is 6.67. The molecule has 1 fully saturated rings. The molecule has 1 unspecified atom stereocenters. The normalized spacial score (nSPS) is 18.0. The topological polar surface area (TPSA) is 85.4 Å². The van der Waals surface area contributed by atoms with Crippen LogP contribution < -0.4 is 10.1 Å². The zero-order chi connectivity index (χ0) is 23.7. The van der Waals surface area contributed by atoms with Crippen LogP contribution in [0.4, 0.5) is 14.9 Å². The van der Waals surface area contributed by atoms with E-state index < -0.39 is 11.9 Å². The van der Waals surface area contributed by atoms with E-state index in [0.717, 1.165) is 10.4 Å². The van der Waals surface area contributed by atoms with E-state index in [1.807, 2.05) is 30.4 Å². The van der Waals surface area contributed by atoms with E-state index in [1.165, 1.54) is 28.4 Å². The van der Waals surface area contributed by atoms with Gasteiger partial charge >= 0.3 is 6.09 Å². The highest BCUT2D eigenvalue weighted by atomic mass is 32.1. The summed E-state index contributed by atoms with van der Waals surface area (Å²) in [5, 5.41) is 14.8. The fraction of sp³-hybridized carbons (Fsp3) is 0.391. The molecule has 2 amide bonds. The second-order valence-electron chi connectivity index (χ2n) is 8.46. The van der Waals surface area contributed by atoms with E-state index >= 15 is 0 Å². The Kier molecular flexibility index (Phi) is 6.57. The number of likely N-dealkylation sites (N-methyl/N-ethyl adjacent to an activating group) is 1. The summed E-state index contributed by atoms with van der Waals surface area (Å²) in [7, 11) is 3.69. The summed E-state index contributed by atoms with van der Waals surface area (Å²) in [6.45, 7) is 3.39. The molecule has 0 bridgehead atoms. The minimum atomic E-state index is -1.03. The molecule has 2 aliphatic rings. The average Bonchev–Trinajstić information content (AvgIpc) is 3.40. The SMILES string of the molecule is CC1=C(Nc2ccc(F)cc2OC2CCN(C(=O)CN(C)C)C2)c2ccsc2CN1C(=O)O. The van der Waals surface area contributed by atoms with Crippen molar-refractivity contribution in [3.8, 4) is 5.75 Å². The van der Waals surface area contributed by atoms with Gasteiger partial charge in [0.25, 0.3) is 0 Å².